The summed E-state index contributed by atoms with van der Waals surface area (Å²) in [6, 6.07) is 59.5. The number of aryl methyl sites for hydroxylation is 3. The fourth-order valence-electron chi connectivity index (χ4n) is 8.93. The van der Waals surface area contributed by atoms with Gasteiger partial charge in [-0.05, 0) is 127 Å². The molecule has 0 saturated carbocycles. The van der Waals surface area contributed by atoms with Gasteiger partial charge < -0.3 is 15.0 Å². The molecule has 0 spiro atoms. The molecule has 0 aliphatic heterocycles. The Morgan fingerprint density at radius 3 is 1.75 bits per heavy atom. The molecule has 0 bridgehead atoms. The number of hydrogen-bond acceptors (Lipinski definition) is 4. The largest absolute Gasteiger partial charge is 3.00 e. The number of rotatable bonds is 13. The summed E-state index contributed by atoms with van der Waals surface area (Å²) in [5, 5.41) is 2.12. The molecule has 0 atom stereocenters. The minimum absolute atomic E-state index is 0. The van der Waals surface area contributed by atoms with E-state index in [2.05, 4.69) is 76.2 Å². The van der Waals surface area contributed by atoms with Gasteiger partial charge in [0, 0.05) is 32.9 Å². The zero-order chi connectivity index (χ0) is 51.3. The molecule has 4 heterocycles. The third-order valence-corrected chi connectivity index (χ3v) is 13.7. The molecule has 4 aromatic heterocycles. The summed E-state index contributed by atoms with van der Waals surface area (Å²) in [7, 11) is 0. The second-order valence-electron chi connectivity index (χ2n) is 18.2. The maximum absolute atomic E-state index is 10.0. The third-order valence-electron chi connectivity index (χ3n) is 12.5. The van der Waals surface area contributed by atoms with Crippen molar-refractivity contribution >= 4 is 31.5 Å². The van der Waals surface area contributed by atoms with Gasteiger partial charge in [0.1, 0.15) is 0 Å². The molecular weight excluding hydrogens is 1010 g/mol. The van der Waals surface area contributed by atoms with E-state index in [0.29, 0.717) is 24.1 Å². The van der Waals surface area contributed by atoms with Crippen molar-refractivity contribution in [3.8, 4) is 44.9 Å². The van der Waals surface area contributed by atoms with Crippen LogP contribution >= 0.6 is 11.3 Å². The summed E-state index contributed by atoms with van der Waals surface area (Å²) in [5.74, 6) is 0. The summed E-state index contributed by atoms with van der Waals surface area (Å²) in [6.45, 7) is 5.99. The molecule has 0 radical (unpaired) electrons. The second kappa shape index (κ2) is 19.5. The van der Waals surface area contributed by atoms with E-state index in [4.69, 9.17) is 19.1 Å². The Hall–Kier alpha value is -6.36. The topological polar surface area (TPSA) is 38.7 Å². The Balaban J connectivity index is 0.00000672. The molecule has 3 nitrogen and oxygen atoms in total. The number of thiophene rings is 1. The van der Waals surface area contributed by atoms with E-state index in [9.17, 15) is 5.48 Å². The van der Waals surface area contributed by atoms with E-state index in [-0.39, 0.29) is 47.9 Å². The third kappa shape index (κ3) is 9.88. The van der Waals surface area contributed by atoms with Crippen molar-refractivity contribution in [3.63, 3.8) is 0 Å². The van der Waals surface area contributed by atoms with Gasteiger partial charge in [-0.1, -0.05) is 124 Å². The van der Waals surface area contributed by atoms with Gasteiger partial charge in [0.25, 0.3) is 0 Å². The van der Waals surface area contributed by atoms with Crippen LogP contribution in [0.5, 0.6) is 0 Å². The normalized spacial score (nSPS) is 13.9. The van der Waals surface area contributed by atoms with E-state index in [1.807, 2.05) is 97.3 Å². The Kier molecular flexibility index (Phi) is 11.0. The Labute approximate surface area is 423 Å². The summed E-state index contributed by atoms with van der Waals surface area (Å²) < 4.78 is 68.0. The number of hydrogen-bond donors (Lipinski definition) is 0. The maximum Gasteiger partial charge on any atom is 3.00 e. The summed E-state index contributed by atoms with van der Waals surface area (Å²) in [6.07, 6.45) is 0.712. The number of pyridine rings is 3. The van der Waals surface area contributed by atoms with Crippen molar-refractivity contribution in [1.82, 2.24) is 15.0 Å². The van der Waals surface area contributed by atoms with Gasteiger partial charge in [0.15, 0.2) is 0 Å². The number of aromatic nitrogens is 3. The zero-order valence-electron chi connectivity index (χ0n) is 44.7. The molecule has 0 amide bonds. The monoisotopic (exact) mass is 1070 g/mol. The minimum Gasteiger partial charge on any atom is -0.304 e. The van der Waals surface area contributed by atoms with Crippen LogP contribution in [0.4, 0.5) is 0 Å². The van der Waals surface area contributed by atoms with Crippen molar-refractivity contribution in [2.45, 2.75) is 71.0 Å². The molecule has 0 N–H and O–H groups in total. The summed E-state index contributed by atoms with van der Waals surface area (Å²) in [4.78, 5) is 14.5. The molecule has 0 fully saturated rings. The van der Waals surface area contributed by atoms with Crippen LogP contribution in [-0.4, -0.2) is 15.0 Å². The molecular formula is C62H52IrN3S. The fraction of sp³-hybridized carbons (Fsp3) is 0.177. The standard InChI is InChI=1S/C62H52N3S.Ir/c1-42-17-12-13-22-51(42)55-36-58(54-25-16-24-53-52-23-14-15-26-59(52)66-60(53)54)63-39-48(55)28-27-43-33-44(37-61(2,3)49-29-31-56(64-40-49)46-18-8-6-9-19-46)35-45(34-43)38-62(4,5)50-30-32-57(65-41-50)47-20-10-7-11-21-47;/h6-18,20,22-24,26,29-36,39-41H,27-28,37-38H2,1-5H3;/q-3;+3/i1D3,27D2,28D2;. The van der Waals surface area contributed by atoms with E-state index < -0.39 is 30.4 Å². The maximum atomic E-state index is 10.0. The van der Waals surface area contributed by atoms with Crippen LogP contribution in [0.3, 0.4) is 0 Å². The van der Waals surface area contributed by atoms with Crippen LogP contribution in [0, 0.1) is 25.1 Å². The van der Waals surface area contributed by atoms with Gasteiger partial charge in [-0.3, -0.25) is 0 Å². The fourth-order valence-corrected chi connectivity index (χ4v) is 10.1. The first-order valence-corrected chi connectivity index (χ1v) is 23.1. The van der Waals surface area contributed by atoms with Crippen molar-refractivity contribution < 1.29 is 29.7 Å². The second-order valence-corrected chi connectivity index (χ2v) is 19.2. The van der Waals surface area contributed by atoms with Crippen molar-refractivity contribution in [1.29, 1.82) is 0 Å². The molecule has 330 valence electrons. The van der Waals surface area contributed by atoms with Crippen LogP contribution in [0.25, 0.3) is 65.1 Å². The molecule has 67 heavy (non-hydrogen) atoms. The van der Waals surface area contributed by atoms with Crippen molar-refractivity contribution in [3.05, 3.63) is 233 Å². The van der Waals surface area contributed by atoms with Gasteiger partial charge in [0.05, 0.1) is 0 Å². The quantitative estimate of drug-likeness (QED) is 0.108. The predicted octanol–water partition coefficient (Wildman–Crippen LogP) is 15.4. The summed E-state index contributed by atoms with van der Waals surface area (Å²) >= 11 is 1.60. The van der Waals surface area contributed by atoms with Crippen LogP contribution < -0.4 is 0 Å². The Morgan fingerprint density at radius 1 is 0.537 bits per heavy atom. The zero-order valence-corrected chi connectivity index (χ0v) is 41.0. The van der Waals surface area contributed by atoms with Gasteiger partial charge in [-0.25, -0.2) is 0 Å². The SMILES string of the molecule is [2H]C([2H])([2H])c1ccccc1-c1cc(-c2[c-]ccc3c2sc2ccccc23)ncc1C([2H])([2H])C([2H])([2H])c1cc(CC(C)(C)c2ccc(-c3[c-]cccc3)nc2)cc(CC(C)(C)c2ccc(-c3[c-]cccc3)nc2)c1.[Ir+3]. The van der Waals surface area contributed by atoms with Crippen molar-refractivity contribution in [2.75, 3.05) is 0 Å². The Morgan fingerprint density at radius 2 is 1.13 bits per heavy atom. The molecule has 6 aromatic carbocycles. The van der Waals surface area contributed by atoms with E-state index in [1.54, 1.807) is 47.7 Å². The van der Waals surface area contributed by atoms with Crippen LogP contribution in [0.2, 0.25) is 0 Å². The first kappa shape index (κ1) is 37.7. The smallest absolute Gasteiger partial charge is 0.304 e. The minimum atomic E-state index is -2.76. The van der Waals surface area contributed by atoms with Crippen molar-refractivity contribution in [2.24, 2.45) is 0 Å². The first-order valence-electron chi connectivity index (χ1n) is 25.7. The van der Waals surface area contributed by atoms with E-state index >= 15 is 0 Å². The van der Waals surface area contributed by atoms with Gasteiger partial charge in [0.2, 0.25) is 0 Å². The molecule has 0 aliphatic carbocycles. The van der Waals surface area contributed by atoms with Gasteiger partial charge in [-0.15, -0.1) is 95.6 Å². The number of fused-ring (bicyclic) bond motifs is 3. The average Bonchev–Trinajstić information content (AvgIpc) is 3.78. The van der Waals surface area contributed by atoms with Crippen LogP contribution in [0.15, 0.2) is 176 Å². The molecule has 0 unspecified atom stereocenters. The first-order chi connectivity index (χ1) is 34.8. The number of benzene rings is 6. The molecule has 10 rings (SSSR count). The van der Waals surface area contributed by atoms with E-state index in [1.165, 1.54) is 12.3 Å². The van der Waals surface area contributed by atoms with Crippen LogP contribution in [0.1, 0.15) is 76.2 Å². The van der Waals surface area contributed by atoms with E-state index in [0.717, 1.165) is 64.9 Å². The Bertz CT molecular complexity index is 3500. The van der Waals surface area contributed by atoms with Gasteiger partial charge >= 0.3 is 20.1 Å². The molecule has 0 aliphatic rings. The molecule has 0 saturated heterocycles. The summed E-state index contributed by atoms with van der Waals surface area (Å²) in [5.41, 5.74) is 7.89. The van der Waals surface area contributed by atoms with Gasteiger partial charge in [-0.2, -0.15) is 11.3 Å². The molecule has 10 aromatic rings. The number of nitrogens with zero attached hydrogens (tertiary/aromatic N) is 3. The van der Waals surface area contributed by atoms with Crippen LogP contribution in [-0.2, 0) is 56.5 Å². The average molecular weight is 1070 g/mol. The predicted molar refractivity (Wildman–Crippen MR) is 276 cm³/mol. The molecule has 5 heteroatoms.